The molecule has 1 N–H and O–H groups in total. The molecule has 1 aliphatic carbocycles. The van der Waals surface area contributed by atoms with Gasteiger partial charge in [-0.25, -0.2) is 8.42 Å². The van der Waals surface area contributed by atoms with Gasteiger partial charge >= 0.3 is 0 Å². The SMILES string of the molecule is Cc1n[nH]c(C)c1S(=O)(=O)N1CC[C@@]2(CCCN(CC3CCC3)C2=O)C1. The van der Waals surface area contributed by atoms with Crippen molar-refractivity contribution in [1.29, 1.82) is 0 Å². The van der Waals surface area contributed by atoms with Crippen molar-refractivity contribution in [2.75, 3.05) is 26.2 Å². The third-order valence-electron chi connectivity index (χ3n) is 6.50. The van der Waals surface area contributed by atoms with E-state index in [9.17, 15) is 13.2 Å². The molecule has 26 heavy (non-hydrogen) atoms. The fourth-order valence-corrected chi connectivity index (χ4v) is 6.64. The molecule has 2 saturated heterocycles. The molecule has 7 nitrogen and oxygen atoms in total. The van der Waals surface area contributed by atoms with E-state index < -0.39 is 15.4 Å². The zero-order valence-corrected chi connectivity index (χ0v) is 16.4. The number of likely N-dealkylation sites (tertiary alicyclic amines) is 1. The van der Waals surface area contributed by atoms with E-state index in [2.05, 4.69) is 10.2 Å². The quantitative estimate of drug-likeness (QED) is 0.863. The molecule has 4 rings (SSSR count). The highest BCUT2D eigenvalue weighted by Gasteiger charge is 2.51. The van der Waals surface area contributed by atoms with Gasteiger partial charge in [-0.15, -0.1) is 0 Å². The zero-order chi connectivity index (χ0) is 18.5. The standard InChI is InChI=1S/C18H28N4O3S/c1-13-16(14(2)20-19-13)26(24,25)22-10-8-18(12-22)7-4-9-21(17(18)23)11-15-5-3-6-15/h15H,3-12H2,1-2H3,(H,19,20)/t18-/m0/s1. The lowest BCUT2D eigenvalue weighted by Gasteiger charge is -2.42. The molecule has 144 valence electrons. The van der Waals surface area contributed by atoms with Crippen molar-refractivity contribution in [1.82, 2.24) is 19.4 Å². The third-order valence-corrected chi connectivity index (χ3v) is 8.61. The number of carbonyl (C=O) groups excluding carboxylic acids is 1. The minimum absolute atomic E-state index is 0.175. The highest BCUT2D eigenvalue weighted by atomic mass is 32.2. The fraction of sp³-hybridized carbons (Fsp3) is 0.778. The Labute approximate surface area is 155 Å². The number of aromatic amines is 1. The molecular weight excluding hydrogens is 352 g/mol. The van der Waals surface area contributed by atoms with E-state index in [1.165, 1.54) is 23.6 Å². The Morgan fingerprint density at radius 1 is 1.19 bits per heavy atom. The minimum atomic E-state index is -3.62. The maximum Gasteiger partial charge on any atom is 0.246 e. The Hall–Kier alpha value is -1.41. The maximum absolute atomic E-state index is 13.2. The number of nitrogens with one attached hydrogen (secondary N) is 1. The summed E-state index contributed by atoms with van der Waals surface area (Å²) >= 11 is 0. The summed E-state index contributed by atoms with van der Waals surface area (Å²) in [5.41, 5.74) is 0.524. The van der Waals surface area contributed by atoms with Gasteiger partial charge < -0.3 is 4.90 Å². The first-order valence-corrected chi connectivity index (χ1v) is 11.1. The highest BCUT2D eigenvalue weighted by Crippen LogP contribution is 2.43. The number of aryl methyl sites for hydroxylation is 2. The summed E-state index contributed by atoms with van der Waals surface area (Å²) in [5, 5.41) is 6.78. The van der Waals surface area contributed by atoms with Crippen LogP contribution in [0.5, 0.6) is 0 Å². The molecule has 3 aliphatic rings. The van der Waals surface area contributed by atoms with E-state index in [4.69, 9.17) is 0 Å². The highest BCUT2D eigenvalue weighted by molar-refractivity contribution is 7.89. The molecule has 8 heteroatoms. The molecule has 0 unspecified atom stereocenters. The van der Waals surface area contributed by atoms with Crippen molar-refractivity contribution < 1.29 is 13.2 Å². The van der Waals surface area contributed by atoms with Crippen LogP contribution in [0.25, 0.3) is 0 Å². The molecule has 3 heterocycles. The first kappa shape index (κ1) is 18.0. The summed E-state index contributed by atoms with van der Waals surface area (Å²) in [5.74, 6) is 0.820. The van der Waals surface area contributed by atoms with Gasteiger partial charge in [0.2, 0.25) is 15.9 Å². The van der Waals surface area contributed by atoms with Gasteiger partial charge in [0.1, 0.15) is 4.90 Å². The molecule has 1 spiro atoms. The smallest absolute Gasteiger partial charge is 0.246 e. The molecule has 1 amide bonds. The van der Waals surface area contributed by atoms with Gasteiger partial charge in [0.05, 0.1) is 16.8 Å². The van der Waals surface area contributed by atoms with E-state index in [-0.39, 0.29) is 10.8 Å². The number of sulfonamides is 1. The molecule has 1 aromatic rings. The van der Waals surface area contributed by atoms with Crippen LogP contribution >= 0.6 is 0 Å². The van der Waals surface area contributed by atoms with Crippen molar-refractivity contribution in [3.05, 3.63) is 11.4 Å². The Bertz CT molecular complexity index is 795. The summed E-state index contributed by atoms with van der Waals surface area (Å²) in [4.78, 5) is 15.5. The topological polar surface area (TPSA) is 86.4 Å². The third kappa shape index (κ3) is 2.78. The van der Waals surface area contributed by atoms with Crippen molar-refractivity contribution >= 4 is 15.9 Å². The van der Waals surface area contributed by atoms with E-state index in [0.29, 0.717) is 36.8 Å². The number of H-pyrrole nitrogens is 1. The first-order chi connectivity index (χ1) is 12.3. The summed E-state index contributed by atoms with van der Waals surface area (Å²) in [6, 6.07) is 0. The Balaban J connectivity index is 1.54. The molecule has 0 bridgehead atoms. The van der Waals surface area contributed by atoms with Crippen LogP contribution in [-0.4, -0.2) is 59.9 Å². The number of hydrogen-bond donors (Lipinski definition) is 1. The van der Waals surface area contributed by atoms with Gasteiger partial charge in [0.25, 0.3) is 0 Å². The molecule has 2 aliphatic heterocycles. The van der Waals surface area contributed by atoms with Crippen LogP contribution in [0, 0.1) is 25.2 Å². The van der Waals surface area contributed by atoms with E-state index >= 15 is 0 Å². The monoisotopic (exact) mass is 380 g/mol. The van der Waals surface area contributed by atoms with Gasteiger partial charge in [0.15, 0.2) is 0 Å². The number of rotatable bonds is 4. The predicted octanol–water partition coefficient (Wildman–Crippen LogP) is 1.83. The Morgan fingerprint density at radius 3 is 2.58 bits per heavy atom. The van der Waals surface area contributed by atoms with Gasteiger partial charge in [-0.3, -0.25) is 9.89 Å². The molecule has 1 saturated carbocycles. The largest absolute Gasteiger partial charge is 0.342 e. The molecule has 0 radical (unpaired) electrons. The van der Waals surface area contributed by atoms with Crippen LogP contribution in [0.1, 0.15) is 49.9 Å². The number of carbonyl (C=O) groups is 1. The van der Waals surface area contributed by atoms with Crippen molar-refractivity contribution in [2.24, 2.45) is 11.3 Å². The van der Waals surface area contributed by atoms with Gasteiger partial charge in [0, 0.05) is 26.2 Å². The molecular formula is C18H28N4O3S. The van der Waals surface area contributed by atoms with Crippen molar-refractivity contribution in [3.8, 4) is 0 Å². The number of amides is 1. The van der Waals surface area contributed by atoms with Crippen LogP contribution in [0.3, 0.4) is 0 Å². The fourth-order valence-electron chi connectivity index (χ4n) is 4.78. The Kier molecular flexibility index (Phi) is 4.38. The maximum atomic E-state index is 13.2. The average Bonchev–Trinajstić information content (AvgIpc) is 3.12. The lowest BCUT2D eigenvalue weighted by molar-refractivity contribution is -0.146. The number of nitrogens with zero attached hydrogens (tertiary/aromatic N) is 3. The van der Waals surface area contributed by atoms with Crippen LogP contribution in [0.15, 0.2) is 4.90 Å². The number of aromatic nitrogens is 2. The lowest BCUT2D eigenvalue weighted by atomic mass is 9.77. The van der Waals surface area contributed by atoms with Gasteiger partial charge in [-0.2, -0.15) is 9.40 Å². The molecule has 0 aromatic carbocycles. The van der Waals surface area contributed by atoms with E-state index in [1.807, 2.05) is 4.90 Å². The van der Waals surface area contributed by atoms with Crippen molar-refractivity contribution in [3.63, 3.8) is 0 Å². The van der Waals surface area contributed by atoms with Crippen LogP contribution in [0.4, 0.5) is 0 Å². The van der Waals surface area contributed by atoms with Crippen molar-refractivity contribution in [2.45, 2.75) is 57.3 Å². The van der Waals surface area contributed by atoms with Crippen LogP contribution in [-0.2, 0) is 14.8 Å². The minimum Gasteiger partial charge on any atom is -0.342 e. The van der Waals surface area contributed by atoms with Crippen LogP contribution in [0.2, 0.25) is 0 Å². The van der Waals surface area contributed by atoms with E-state index in [1.54, 1.807) is 13.8 Å². The second kappa shape index (κ2) is 6.34. The van der Waals surface area contributed by atoms with Gasteiger partial charge in [-0.1, -0.05) is 6.42 Å². The second-order valence-corrected chi connectivity index (χ2v) is 10.2. The predicted molar refractivity (Wildman–Crippen MR) is 97.0 cm³/mol. The lowest BCUT2D eigenvalue weighted by Crippen LogP contribution is -2.52. The Morgan fingerprint density at radius 2 is 1.96 bits per heavy atom. The summed E-state index contributed by atoms with van der Waals surface area (Å²) in [6.45, 7) is 5.82. The first-order valence-electron chi connectivity index (χ1n) is 9.65. The van der Waals surface area contributed by atoms with Crippen LogP contribution < -0.4 is 0 Å². The zero-order valence-electron chi connectivity index (χ0n) is 15.6. The molecule has 1 atom stereocenters. The molecule has 1 aromatic heterocycles. The number of piperidine rings is 1. The van der Waals surface area contributed by atoms with E-state index in [0.717, 1.165) is 25.9 Å². The average molecular weight is 381 g/mol. The second-order valence-electron chi connectivity index (χ2n) is 8.28. The molecule has 3 fully saturated rings. The number of hydrogen-bond acceptors (Lipinski definition) is 4. The summed E-state index contributed by atoms with van der Waals surface area (Å²) < 4.78 is 27.8. The summed E-state index contributed by atoms with van der Waals surface area (Å²) in [7, 11) is -3.62. The normalized spacial score (nSPS) is 28.1. The summed E-state index contributed by atoms with van der Waals surface area (Å²) in [6.07, 6.45) is 6.10. The van der Waals surface area contributed by atoms with Gasteiger partial charge in [-0.05, 0) is 51.9 Å².